The van der Waals surface area contributed by atoms with Crippen LogP contribution in [0.1, 0.15) is 29.2 Å². The minimum Gasteiger partial charge on any atom is -0.497 e. The van der Waals surface area contributed by atoms with Gasteiger partial charge in [0.05, 0.1) is 12.8 Å². The molecular formula is C25H29N3O2S. The Labute approximate surface area is 188 Å². The number of carbonyl (C=O) groups is 1. The number of hydrogen-bond donors (Lipinski definition) is 0. The van der Waals surface area contributed by atoms with E-state index in [1.807, 2.05) is 24.0 Å². The van der Waals surface area contributed by atoms with Crippen LogP contribution in [-0.4, -0.2) is 60.0 Å². The third-order valence-electron chi connectivity index (χ3n) is 5.88. The van der Waals surface area contributed by atoms with E-state index in [1.165, 1.54) is 11.3 Å². The highest BCUT2D eigenvalue weighted by Gasteiger charge is 2.26. The predicted octanol–water partition coefficient (Wildman–Crippen LogP) is 4.96. The number of aromatic nitrogens is 1. The van der Waals surface area contributed by atoms with Crippen LogP contribution < -0.4 is 4.74 Å². The number of methoxy groups -OCH3 is 1. The molecule has 0 N–H and O–H groups in total. The van der Waals surface area contributed by atoms with E-state index in [0.29, 0.717) is 6.04 Å². The van der Waals surface area contributed by atoms with Crippen LogP contribution in [0.5, 0.6) is 5.75 Å². The number of hydrogen-bond acceptors (Lipinski definition) is 5. The Bertz CT molecular complexity index is 1030. The Kier molecular flexibility index (Phi) is 6.39. The highest BCUT2D eigenvalue weighted by atomic mass is 32.1. The van der Waals surface area contributed by atoms with Gasteiger partial charge in [0.2, 0.25) is 0 Å². The first kappa shape index (κ1) is 21.5. The van der Waals surface area contributed by atoms with E-state index < -0.39 is 0 Å². The van der Waals surface area contributed by atoms with Gasteiger partial charge in [-0.1, -0.05) is 36.4 Å². The van der Waals surface area contributed by atoms with Crippen LogP contribution in [0.4, 0.5) is 0 Å². The van der Waals surface area contributed by atoms with Gasteiger partial charge in [-0.15, -0.1) is 11.3 Å². The van der Waals surface area contributed by atoms with Crippen molar-refractivity contribution in [3.8, 4) is 27.4 Å². The highest BCUT2D eigenvalue weighted by molar-refractivity contribution is 7.17. The minimum absolute atomic E-state index is 0.111. The largest absolute Gasteiger partial charge is 0.497 e. The number of nitrogens with zero attached hydrogens (tertiary/aromatic N) is 3. The fraction of sp³-hybridized carbons (Fsp3) is 0.360. The van der Waals surface area contributed by atoms with Crippen LogP contribution in [0, 0.1) is 6.92 Å². The first-order chi connectivity index (χ1) is 15.0. The summed E-state index contributed by atoms with van der Waals surface area (Å²) in [5, 5.41) is 0.892. The smallest absolute Gasteiger partial charge is 0.265 e. The van der Waals surface area contributed by atoms with Gasteiger partial charge in [0.1, 0.15) is 15.6 Å². The Hall–Kier alpha value is -2.70. The maximum absolute atomic E-state index is 13.1. The summed E-state index contributed by atoms with van der Waals surface area (Å²) in [7, 11) is 1.67. The van der Waals surface area contributed by atoms with Crippen molar-refractivity contribution < 1.29 is 9.53 Å². The standard InChI is InChI=1S/C25H29N3O2S/c1-17(2)27-13-15-28(16-14-27)25(29)23-18(3)26-24(31-23)21-7-5-19(6-8-21)20-9-11-22(30-4)12-10-20/h5-12,17H,13-16H2,1-4H3. The molecular weight excluding hydrogens is 406 g/mol. The summed E-state index contributed by atoms with van der Waals surface area (Å²) < 4.78 is 5.23. The SMILES string of the molecule is COc1ccc(-c2ccc(-c3nc(C)c(C(=O)N4CCN(C(C)C)CC4)s3)cc2)cc1. The van der Waals surface area contributed by atoms with Crippen molar-refractivity contribution in [2.24, 2.45) is 0 Å². The molecule has 0 atom stereocenters. The van der Waals surface area contributed by atoms with Gasteiger partial charge < -0.3 is 9.64 Å². The minimum atomic E-state index is 0.111. The maximum atomic E-state index is 13.1. The maximum Gasteiger partial charge on any atom is 0.265 e. The molecule has 1 amide bonds. The second kappa shape index (κ2) is 9.20. The number of carbonyl (C=O) groups excluding carboxylic acids is 1. The number of benzene rings is 2. The molecule has 1 aliphatic heterocycles. The van der Waals surface area contributed by atoms with Gasteiger partial charge >= 0.3 is 0 Å². The van der Waals surface area contributed by atoms with Crippen molar-refractivity contribution in [3.63, 3.8) is 0 Å². The number of ether oxygens (including phenoxy) is 1. The number of aryl methyl sites for hydroxylation is 1. The van der Waals surface area contributed by atoms with Crippen LogP contribution in [0.2, 0.25) is 0 Å². The molecule has 31 heavy (non-hydrogen) atoms. The van der Waals surface area contributed by atoms with E-state index in [4.69, 9.17) is 9.72 Å². The van der Waals surface area contributed by atoms with Gasteiger partial charge in [-0.05, 0) is 44.0 Å². The molecule has 1 aliphatic rings. The average Bonchev–Trinajstić information content (AvgIpc) is 3.20. The van der Waals surface area contributed by atoms with E-state index in [1.54, 1.807) is 7.11 Å². The molecule has 0 aliphatic carbocycles. The molecule has 162 valence electrons. The number of piperazine rings is 1. The first-order valence-electron chi connectivity index (χ1n) is 10.7. The molecule has 1 fully saturated rings. The topological polar surface area (TPSA) is 45.7 Å². The van der Waals surface area contributed by atoms with Crippen LogP contribution in [-0.2, 0) is 0 Å². The molecule has 5 nitrogen and oxygen atoms in total. The summed E-state index contributed by atoms with van der Waals surface area (Å²) in [5.74, 6) is 0.959. The lowest BCUT2D eigenvalue weighted by molar-refractivity contribution is 0.0599. The summed E-state index contributed by atoms with van der Waals surface area (Å²) in [6.07, 6.45) is 0. The number of rotatable bonds is 5. The zero-order valence-electron chi connectivity index (χ0n) is 18.6. The predicted molar refractivity (Wildman–Crippen MR) is 127 cm³/mol. The number of amides is 1. The summed E-state index contributed by atoms with van der Waals surface area (Å²) in [5.41, 5.74) is 4.13. The molecule has 2 heterocycles. The van der Waals surface area contributed by atoms with Crippen molar-refractivity contribution in [1.29, 1.82) is 0 Å². The van der Waals surface area contributed by atoms with E-state index in [-0.39, 0.29) is 5.91 Å². The highest BCUT2D eigenvalue weighted by Crippen LogP contribution is 2.31. The summed E-state index contributed by atoms with van der Waals surface area (Å²) in [6.45, 7) is 9.76. The zero-order valence-corrected chi connectivity index (χ0v) is 19.4. The second-order valence-electron chi connectivity index (χ2n) is 8.16. The van der Waals surface area contributed by atoms with Crippen molar-refractivity contribution in [3.05, 3.63) is 59.1 Å². The zero-order chi connectivity index (χ0) is 22.0. The van der Waals surface area contributed by atoms with Crippen molar-refractivity contribution >= 4 is 17.2 Å². The Morgan fingerprint density at radius 1 is 0.935 bits per heavy atom. The summed E-state index contributed by atoms with van der Waals surface area (Å²) in [6, 6.07) is 16.9. The first-order valence-corrected chi connectivity index (χ1v) is 11.5. The Morgan fingerprint density at radius 2 is 1.48 bits per heavy atom. The van der Waals surface area contributed by atoms with Gasteiger partial charge in [0.15, 0.2) is 0 Å². The van der Waals surface area contributed by atoms with Crippen molar-refractivity contribution in [2.75, 3.05) is 33.3 Å². The molecule has 0 bridgehead atoms. The summed E-state index contributed by atoms with van der Waals surface area (Å²) in [4.78, 5) is 23.0. The molecule has 1 aromatic heterocycles. The van der Waals surface area contributed by atoms with Crippen molar-refractivity contribution in [2.45, 2.75) is 26.8 Å². The molecule has 6 heteroatoms. The second-order valence-corrected chi connectivity index (χ2v) is 9.16. The third kappa shape index (κ3) is 4.65. The van der Waals surface area contributed by atoms with Crippen LogP contribution in [0.25, 0.3) is 21.7 Å². The van der Waals surface area contributed by atoms with Gasteiger partial charge in [0, 0.05) is 37.8 Å². The van der Waals surface area contributed by atoms with E-state index in [9.17, 15) is 4.79 Å². The molecule has 2 aromatic carbocycles. The fourth-order valence-electron chi connectivity index (χ4n) is 3.89. The monoisotopic (exact) mass is 435 g/mol. The molecule has 0 unspecified atom stereocenters. The van der Waals surface area contributed by atoms with Crippen LogP contribution in [0.15, 0.2) is 48.5 Å². The van der Waals surface area contributed by atoms with E-state index in [0.717, 1.165) is 64.2 Å². The Balaban J connectivity index is 1.48. The lowest BCUT2D eigenvalue weighted by Crippen LogP contribution is -2.50. The Morgan fingerprint density at radius 3 is 2.03 bits per heavy atom. The van der Waals surface area contributed by atoms with E-state index in [2.05, 4.69) is 55.1 Å². The van der Waals surface area contributed by atoms with Crippen LogP contribution in [0.3, 0.4) is 0 Å². The van der Waals surface area contributed by atoms with E-state index >= 15 is 0 Å². The van der Waals surface area contributed by atoms with Gasteiger partial charge in [0.25, 0.3) is 5.91 Å². The molecule has 0 saturated carbocycles. The summed E-state index contributed by atoms with van der Waals surface area (Å²) >= 11 is 1.50. The third-order valence-corrected chi connectivity index (χ3v) is 7.07. The molecule has 0 spiro atoms. The fourth-order valence-corrected chi connectivity index (χ4v) is 4.93. The van der Waals surface area contributed by atoms with Gasteiger partial charge in [-0.3, -0.25) is 9.69 Å². The van der Waals surface area contributed by atoms with Crippen LogP contribution >= 0.6 is 11.3 Å². The number of thiazole rings is 1. The molecule has 4 rings (SSSR count). The van der Waals surface area contributed by atoms with Gasteiger partial charge in [-0.25, -0.2) is 4.98 Å². The normalized spacial score (nSPS) is 14.8. The molecule has 0 radical (unpaired) electrons. The van der Waals surface area contributed by atoms with Gasteiger partial charge in [-0.2, -0.15) is 0 Å². The quantitative estimate of drug-likeness (QED) is 0.568. The average molecular weight is 436 g/mol. The molecule has 1 saturated heterocycles. The van der Waals surface area contributed by atoms with Crippen molar-refractivity contribution in [1.82, 2.24) is 14.8 Å². The lowest BCUT2D eigenvalue weighted by atomic mass is 10.0. The molecule has 3 aromatic rings. The lowest BCUT2D eigenvalue weighted by Gasteiger charge is -2.36.